The van der Waals surface area contributed by atoms with E-state index in [4.69, 9.17) is 14.7 Å². The Morgan fingerprint density at radius 3 is 2.87 bits per heavy atom. The highest BCUT2D eigenvalue weighted by molar-refractivity contribution is 5.16. The van der Waals surface area contributed by atoms with Crippen LogP contribution in [0.1, 0.15) is 18.4 Å². The van der Waals surface area contributed by atoms with E-state index in [0.29, 0.717) is 18.3 Å². The molecular weight excluding hydrogens is 194 g/mol. The molecule has 5 heteroatoms. The van der Waals surface area contributed by atoms with E-state index in [-0.39, 0.29) is 6.61 Å². The van der Waals surface area contributed by atoms with Crippen LogP contribution in [-0.4, -0.2) is 23.7 Å². The first-order chi connectivity index (χ1) is 7.30. The van der Waals surface area contributed by atoms with Gasteiger partial charge in [0.2, 0.25) is 5.88 Å². The molecule has 0 bridgehead atoms. The summed E-state index contributed by atoms with van der Waals surface area (Å²) in [6.45, 7) is 2.37. The van der Waals surface area contributed by atoms with Gasteiger partial charge in [0.15, 0.2) is 6.61 Å². The molecule has 0 radical (unpaired) electrons. The Balaban J connectivity index is 2.85. The summed E-state index contributed by atoms with van der Waals surface area (Å²) >= 11 is 0. The zero-order chi connectivity index (χ0) is 11.1. The van der Waals surface area contributed by atoms with Gasteiger partial charge in [0.25, 0.3) is 0 Å². The molecule has 0 spiro atoms. The van der Waals surface area contributed by atoms with Crippen LogP contribution in [0.4, 0.5) is 0 Å². The van der Waals surface area contributed by atoms with E-state index in [1.165, 1.54) is 0 Å². The van der Waals surface area contributed by atoms with Crippen molar-refractivity contribution in [1.82, 2.24) is 9.97 Å². The van der Waals surface area contributed by atoms with E-state index in [1.54, 1.807) is 13.2 Å². The zero-order valence-corrected chi connectivity index (χ0v) is 8.86. The molecule has 1 rings (SSSR count). The average molecular weight is 207 g/mol. The van der Waals surface area contributed by atoms with Crippen molar-refractivity contribution >= 4 is 0 Å². The highest BCUT2D eigenvalue weighted by Crippen LogP contribution is 2.10. The maximum absolute atomic E-state index is 8.38. The van der Waals surface area contributed by atoms with Gasteiger partial charge < -0.3 is 9.47 Å². The van der Waals surface area contributed by atoms with Crippen molar-refractivity contribution in [2.75, 3.05) is 13.7 Å². The van der Waals surface area contributed by atoms with E-state index in [9.17, 15) is 0 Å². The smallest absolute Gasteiger partial charge is 0.217 e. The average Bonchev–Trinajstić information content (AvgIpc) is 2.26. The van der Waals surface area contributed by atoms with Crippen molar-refractivity contribution in [1.29, 1.82) is 5.26 Å². The number of aryl methyl sites for hydroxylation is 1. The number of hydrogen-bond donors (Lipinski definition) is 0. The molecule has 0 N–H and O–H groups in total. The fourth-order valence-electron chi connectivity index (χ4n) is 1.09. The minimum atomic E-state index is -0.00735. The Bertz CT molecular complexity index is 360. The molecule has 0 aromatic carbocycles. The van der Waals surface area contributed by atoms with Crippen LogP contribution in [0.3, 0.4) is 0 Å². The van der Waals surface area contributed by atoms with Crippen LogP contribution in [0.15, 0.2) is 6.07 Å². The Hall–Kier alpha value is -1.67. The van der Waals surface area contributed by atoms with Crippen molar-refractivity contribution in [3.05, 3.63) is 17.6 Å². The van der Waals surface area contributed by atoms with Gasteiger partial charge in [-0.15, -0.1) is 0 Å². The summed E-state index contributed by atoms with van der Waals surface area (Å²) in [5, 5.41) is 8.38. The second kappa shape index (κ2) is 5.94. The molecule has 15 heavy (non-hydrogen) atoms. The van der Waals surface area contributed by atoms with Gasteiger partial charge in [0.05, 0.1) is 12.3 Å². The SMILES string of the molecule is CCc1nc(COC)cc(OCC#N)n1. The second-order valence-corrected chi connectivity index (χ2v) is 2.85. The molecule has 0 amide bonds. The molecule has 0 saturated carbocycles. The quantitative estimate of drug-likeness (QED) is 0.722. The molecule has 80 valence electrons. The molecule has 0 aliphatic heterocycles. The van der Waals surface area contributed by atoms with Gasteiger partial charge in [0.1, 0.15) is 11.9 Å². The van der Waals surface area contributed by atoms with Gasteiger partial charge in [-0.3, -0.25) is 0 Å². The van der Waals surface area contributed by atoms with Crippen molar-refractivity contribution in [3.8, 4) is 11.9 Å². The van der Waals surface area contributed by atoms with Crippen LogP contribution in [0.2, 0.25) is 0 Å². The third-order valence-electron chi connectivity index (χ3n) is 1.70. The van der Waals surface area contributed by atoms with E-state index < -0.39 is 0 Å². The molecular formula is C10H13N3O2. The fourth-order valence-corrected chi connectivity index (χ4v) is 1.09. The lowest BCUT2D eigenvalue weighted by molar-refractivity contribution is 0.180. The third-order valence-corrected chi connectivity index (χ3v) is 1.70. The van der Waals surface area contributed by atoms with Crippen LogP contribution in [0.5, 0.6) is 5.88 Å². The van der Waals surface area contributed by atoms with Crippen LogP contribution in [0.25, 0.3) is 0 Å². The lowest BCUT2D eigenvalue weighted by Crippen LogP contribution is -2.04. The highest BCUT2D eigenvalue weighted by atomic mass is 16.5. The maximum Gasteiger partial charge on any atom is 0.217 e. The Labute approximate surface area is 88.7 Å². The summed E-state index contributed by atoms with van der Waals surface area (Å²) in [6.07, 6.45) is 0.723. The molecule has 0 fully saturated rings. The van der Waals surface area contributed by atoms with Crippen LogP contribution < -0.4 is 4.74 Å². The first kappa shape index (κ1) is 11.4. The number of hydrogen-bond acceptors (Lipinski definition) is 5. The molecule has 0 saturated heterocycles. The highest BCUT2D eigenvalue weighted by Gasteiger charge is 2.04. The number of nitrogens with zero attached hydrogens (tertiary/aromatic N) is 3. The summed E-state index contributed by atoms with van der Waals surface area (Å²) in [5.41, 5.74) is 0.761. The molecule has 0 aliphatic carbocycles. The summed E-state index contributed by atoms with van der Waals surface area (Å²) in [4.78, 5) is 8.38. The van der Waals surface area contributed by atoms with Crippen LogP contribution in [-0.2, 0) is 17.8 Å². The van der Waals surface area contributed by atoms with Gasteiger partial charge in [-0.05, 0) is 0 Å². The van der Waals surface area contributed by atoms with Crippen molar-refractivity contribution < 1.29 is 9.47 Å². The van der Waals surface area contributed by atoms with E-state index in [2.05, 4.69) is 9.97 Å². The van der Waals surface area contributed by atoms with E-state index in [0.717, 1.165) is 12.1 Å². The van der Waals surface area contributed by atoms with Gasteiger partial charge in [0, 0.05) is 19.6 Å². The number of methoxy groups -OCH3 is 1. The minimum Gasteiger partial charge on any atom is -0.462 e. The summed E-state index contributed by atoms with van der Waals surface area (Å²) in [7, 11) is 1.60. The second-order valence-electron chi connectivity index (χ2n) is 2.85. The monoisotopic (exact) mass is 207 g/mol. The summed E-state index contributed by atoms with van der Waals surface area (Å²) in [5.74, 6) is 1.12. The van der Waals surface area contributed by atoms with Gasteiger partial charge in [-0.2, -0.15) is 10.2 Å². The normalized spacial score (nSPS) is 9.67. The molecule has 1 heterocycles. The zero-order valence-electron chi connectivity index (χ0n) is 8.86. The summed E-state index contributed by atoms with van der Waals surface area (Å²) in [6, 6.07) is 3.57. The van der Waals surface area contributed by atoms with Crippen molar-refractivity contribution in [2.45, 2.75) is 20.0 Å². The van der Waals surface area contributed by atoms with Gasteiger partial charge in [-0.25, -0.2) is 4.98 Å². The molecule has 1 aromatic heterocycles. The van der Waals surface area contributed by atoms with Crippen LogP contribution >= 0.6 is 0 Å². The van der Waals surface area contributed by atoms with Crippen molar-refractivity contribution in [2.24, 2.45) is 0 Å². The third kappa shape index (κ3) is 3.52. The van der Waals surface area contributed by atoms with Crippen molar-refractivity contribution in [3.63, 3.8) is 0 Å². The number of aromatic nitrogens is 2. The molecule has 0 atom stereocenters. The number of ether oxygens (including phenoxy) is 2. The van der Waals surface area contributed by atoms with Gasteiger partial charge >= 0.3 is 0 Å². The topological polar surface area (TPSA) is 68.0 Å². The van der Waals surface area contributed by atoms with Crippen LogP contribution in [0, 0.1) is 11.3 Å². The first-order valence-corrected chi connectivity index (χ1v) is 4.65. The molecule has 1 aromatic rings. The van der Waals surface area contributed by atoms with Gasteiger partial charge in [-0.1, -0.05) is 6.92 Å². The molecule has 0 aliphatic rings. The number of nitriles is 1. The standard InChI is InChI=1S/C10H13N3O2/c1-3-9-12-8(7-14-2)6-10(13-9)15-5-4-11/h6H,3,5,7H2,1-2H3. The Kier molecular flexibility index (Phi) is 4.51. The largest absolute Gasteiger partial charge is 0.462 e. The van der Waals surface area contributed by atoms with E-state index >= 15 is 0 Å². The lowest BCUT2D eigenvalue weighted by atomic mass is 10.3. The Morgan fingerprint density at radius 1 is 1.47 bits per heavy atom. The lowest BCUT2D eigenvalue weighted by Gasteiger charge is -2.05. The maximum atomic E-state index is 8.38. The predicted molar refractivity (Wildman–Crippen MR) is 53.2 cm³/mol. The molecule has 0 unspecified atom stereocenters. The summed E-state index contributed by atoms with van der Waals surface area (Å²) < 4.78 is 10.1. The minimum absolute atomic E-state index is 0.00735. The van der Waals surface area contributed by atoms with E-state index in [1.807, 2.05) is 13.0 Å². The predicted octanol–water partition coefficient (Wildman–Crippen LogP) is 1.09. The Morgan fingerprint density at radius 2 is 2.27 bits per heavy atom. The fraction of sp³-hybridized carbons (Fsp3) is 0.500. The number of rotatable bonds is 5. The molecule has 5 nitrogen and oxygen atoms in total. The first-order valence-electron chi connectivity index (χ1n) is 4.65.